The van der Waals surface area contributed by atoms with E-state index >= 15 is 0 Å². The Morgan fingerprint density at radius 3 is 1.66 bits per heavy atom. The van der Waals surface area contributed by atoms with Crippen LogP contribution in [0.3, 0.4) is 0 Å². The van der Waals surface area contributed by atoms with Gasteiger partial charge in [0.25, 0.3) is 0 Å². The van der Waals surface area contributed by atoms with Crippen LogP contribution >= 0.6 is 7.92 Å². The predicted octanol–water partition coefficient (Wildman–Crippen LogP) is 6.88. The van der Waals surface area contributed by atoms with Crippen LogP contribution in [0.2, 0.25) is 0 Å². The van der Waals surface area contributed by atoms with Crippen molar-refractivity contribution in [1.82, 2.24) is 0 Å². The predicted molar refractivity (Wildman–Crippen MR) is 159 cm³/mol. The molecule has 0 unspecified atom stereocenters. The lowest BCUT2D eigenvalue weighted by molar-refractivity contribution is -0.139. The fourth-order valence-corrected chi connectivity index (χ4v) is 7.53. The van der Waals surface area contributed by atoms with E-state index in [2.05, 4.69) is 91.0 Å². The van der Waals surface area contributed by atoms with Crippen molar-refractivity contribution < 1.29 is 14.6 Å². The van der Waals surface area contributed by atoms with Gasteiger partial charge in [0.2, 0.25) is 0 Å². The quantitative estimate of drug-likeness (QED) is 0.237. The van der Waals surface area contributed by atoms with E-state index in [1.807, 2.05) is 42.5 Å². The van der Waals surface area contributed by atoms with Crippen LogP contribution in [0.25, 0.3) is 32.7 Å². The number of carbonyl (C=O) groups is 1. The summed E-state index contributed by atoms with van der Waals surface area (Å²) in [5, 5.41) is 17.5. The molecule has 0 aliphatic rings. The van der Waals surface area contributed by atoms with Gasteiger partial charge in [-0.25, -0.2) is 4.79 Å². The molecular weight excluding hydrogens is 487 g/mol. The van der Waals surface area contributed by atoms with Gasteiger partial charge >= 0.3 is 5.97 Å². The van der Waals surface area contributed by atoms with Crippen molar-refractivity contribution in [2.24, 2.45) is 0 Å². The third-order valence-electron chi connectivity index (χ3n) is 6.67. The zero-order chi connectivity index (χ0) is 25.9. The topological polar surface area (TPSA) is 46.5 Å². The van der Waals surface area contributed by atoms with E-state index in [-0.39, 0.29) is 0 Å². The number of hydrogen-bond donors (Lipinski definition) is 1. The van der Waals surface area contributed by atoms with Gasteiger partial charge < -0.3 is 9.84 Å². The van der Waals surface area contributed by atoms with E-state index in [4.69, 9.17) is 4.74 Å². The van der Waals surface area contributed by atoms with Crippen molar-refractivity contribution in [2.75, 3.05) is 6.61 Å². The Morgan fingerprint density at radius 2 is 1.08 bits per heavy atom. The van der Waals surface area contributed by atoms with Gasteiger partial charge in [-0.2, -0.15) is 0 Å². The van der Waals surface area contributed by atoms with Crippen molar-refractivity contribution in [3.8, 4) is 16.9 Å². The van der Waals surface area contributed by atoms with Crippen LogP contribution in [-0.2, 0) is 4.79 Å². The molecule has 6 rings (SSSR count). The number of carboxylic acid groups (broad SMARTS) is 1. The van der Waals surface area contributed by atoms with Crippen molar-refractivity contribution >= 4 is 51.3 Å². The highest BCUT2D eigenvalue weighted by atomic mass is 31.1. The van der Waals surface area contributed by atoms with E-state index in [0.29, 0.717) is 5.75 Å². The van der Waals surface area contributed by atoms with E-state index in [1.165, 1.54) is 15.9 Å². The van der Waals surface area contributed by atoms with E-state index < -0.39 is 20.5 Å². The highest BCUT2D eigenvalue weighted by Crippen LogP contribution is 2.45. The standard InChI is InChI=1S/C34H25O3P/c35-32(36)23-37-30-21-19-24-11-7-9-17-28(24)33(30)34-29-18-10-8-12-25(29)20-22-31(34)38(26-13-3-1-4-14-26)27-15-5-2-6-16-27/h1-22H,23H2,(H,35,36). The summed E-state index contributed by atoms with van der Waals surface area (Å²) in [6, 6.07) is 46.2. The number of hydrogen-bond acceptors (Lipinski definition) is 2. The van der Waals surface area contributed by atoms with Crippen LogP contribution in [0.1, 0.15) is 0 Å². The minimum absolute atomic E-state index is 0.405. The molecule has 0 saturated carbocycles. The molecule has 0 aromatic heterocycles. The van der Waals surface area contributed by atoms with Gasteiger partial charge in [0.1, 0.15) is 5.75 Å². The normalized spacial score (nSPS) is 11.2. The fraction of sp³-hybridized carbons (Fsp3) is 0.0294. The first-order chi connectivity index (χ1) is 18.7. The summed E-state index contributed by atoms with van der Waals surface area (Å²) in [4.78, 5) is 11.5. The van der Waals surface area contributed by atoms with Crippen LogP contribution in [-0.4, -0.2) is 17.7 Å². The first-order valence-corrected chi connectivity index (χ1v) is 13.8. The lowest BCUT2D eigenvalue weighted by Crippen LogP contribution is -2.22. The summed E-state index contributed by atoms with van der Waals surface area (Å²) in [6.45, 7) is -0.405. The molecule has 1 N–H and O–H groups in total. The zero-order valence-corrected chi connectivity index (χ0v) is 21.5. The third-order valence-corrected chi connectivity index (χ3v) is 9.15. The molecule has 0 saturated heterocycles. The molecule has 0 radical (unpaired) electrons. The first kappa shape index (κ1) is 23.9. The molecule has 184 valence electrons. The Labute approximate surface area is 222 Å². The van der Waals surface area contributed by atoms with E-state index in [1.54, 1.807) is 0 Å². The van der Waals surface area contributed by atoms with Gasteiger partial charge in [0.15, 0.2) is 6.61 Å². The first-order valence-electron chi connectivity index (χ1n) is 12.5. The SMILES string of the molecule is O=C(O)COc1ccc2ccccc2c1-c1c(P(c2ccccc2)c2ccccc2)ccc2ccccc12. The number of ether oxygens (including phenoxy) is 1. The second-order valence-corrected chi connectivity index (χ2v) is 11.2. The van der Waals surface area contributed by atoms with Gasteiger partial charge in [-0.1, -0.05) is 127 Å². The minimum Gasteiger partial charge on any atom is -0.481 e. The van der Waals surface area contributed by atoms with Crippen molar-refractivity contribution in [3.05, 3.63) is 133 Å². The minimum atomic E-state index is -1.00. The van der Waals surface area contributed by atoms with Crippen molar-refractivity contribution in [3.63, 3.8) is 0 Å². The van der Waals surface area contributed by atoms with Crippen LogP contribution in [0.15, 0.2) is 133 Å². The summed E-state index contributed by atoms with van der Waals surface area (Å²) in [6.07, 6.45) is 0. The molecule has 0 heterocycles. The maximum atomic E-state index is 11.5. The fourth-order valence-electron chi connectivity index (χ4n) is 5.06. The molecule has 0 spiro atoms. The summed E-state index contributed by atoms with van der Waals surface area (Å²) in [7, 11) is -0.925. The van der Waals surface area contributed by atoms with Gasteiger partial charge in [0, 0.05) is 11.1 Å². The Balaban J connectivity index is 1.74. The van der Waals surface area contributed by atoms with Crippen molar-refractivity contribution in [2.45, 2.75) is 0 Å². The molecule has 4 heteroatoms. The van der Waals surface area contributed by atoms with E-state index in [0.717, 1.165) is 32.7 Å². The molecular formula is C34H25O3P. The highest BCUT2D eigenvalue weighted by molar-refractivity contribution is 7.80. The van der Waals surface area contributed by atoms with Crippen LogP contribution in [0, 0.1) is 0 Å². The number of benzene rings is 6. The molecule has 0 aliphatic carbocycles. The van der Waals surface area contributed by atoms with Crippen molar-refractivity contribution in [1.29, 1.82) is 0 Å². The molecule has 0 aliphatic heterocycles. The second-order valence-electron chi connectivity index (χ2n) is 9.03. The molecule has 0 fully saturated rings. The van der Waals surface area contributed by atoms with Crippen LogP contribution in [0.4, 0.5) is 0 Å². The molecule has 38 heavy (non-hydrogen) atoms. The number of rotatable bonds is 7. The largest absolute Gasteiger partial charge is 0.481 e. The monoisotopic (exact) mass is 512 g/mol. The molecule has 0 amide bonds. The maximum Gasteiger partial charge on any atom is 0.341 e. The maximum absolute atomic E-state index is 11.5. The van der Waals surface area contributed by atoms with Gasteiger partial charge in [-0.05, 0) is 51.4 Å². The summed E-state index contributed by atoms with van der Waals surface area (Å²) < 4.78 is 5.96. The molecule has 0 atom stereocenters. The zero-order valence-electron chi connectivity index (χ0n) is 20.6. The Bertz CT molecular complexity index is 1710. The third kappa shape index (κ3) is 4.53. The van der Waals surface area contributed by atoms with Gasteiger partial charge in [-0.3, -0.25) is 0 Å². The Morgan fingerprint density at radius 1 is 0.579 bits per heavy atom. The summed E-state index contributed by atoms with van der Waals surface area (Å²) in [5.74, 6) is -0.433. The molecule has 3 nitrogen and oxygen atoms in total. The van der Waals surface area contributed by atoms with Crippen LogP contribution in [0.5, 0.6) is 5.75 Å². The van der Waals surface area contributed by atoms with Crippen LogP contribution < -0.4 is 20.7 Å². The number of carboxylic acids is 1. The molecule has 0 bridgehead atoms. The molecule has 6 aromatic carbocycles. The van der Waals surface area contributed by atoms with Gasteiger partial charge in [-0.15, -0.1) is 0 Å². The van der Waals surface area contributed by atoms with E-state index in [9.17, 15) is 9.90 Å². The second kappa shape index (κ2) is 10.5. The average molecular weight is 513 g/mol. The Hall–Kier alpha value is -4.46. The number of fused-ring (bicyclic) bond motifs is 2. The average Bonchev–Trinajstić information content (AvgIpc) is 2.97. The summed E-state index contributed by atoms with van der Waals surface area (Å²) >= 11 is 0. The molecule has 6 aromatic rings. The lowest BCUT2D eigenvalue weighted by atomic mass is 9.93. The van der Waals surface area contributed by atoms with Gasteiger partial charge in [0.05, 0.1) is 0 Å². The smallest absolute Gasteiger partial charge is 0.341 e. The highest BCUT2D eigenvalue weighted by Gasteiger charge is 2.25. The summed E-state index contributed by atoms with van der Waals surface area (Å²) in [5.41, 5.74) is 2.01. The lowest BCUT2D eigenvalue weighted by Gasteiger charge is -2.25. The number of aliphatic carboxylic acids is 1. The Kier molecular flexibility index (Phi) is 6.60.